The molecule has 0 amide bonds. The normalized spacial score (nSPS) is 20.4. The van der Waals surface area contributed by atoms with Crippen molar-refractivity contribution in [1.29, 1.82) is 0 Å². The van der Waals surface area contributed by atoms with Crippen LogP contribution in [0.2, 0.25) is 0 Å². The number of likely N-dealkylation sites (tertiary alicyclic amines) is 1. The molecule has 0 aromatic heterocycles. The van der Waals surface area contributed by atoms with Gasteiger partial charge in [-0.2, -0.15) is 8.78 Å². The largest absolute Gasteiger partial charge is 0.361 e. The first-order valence-electron chi connectivity index (χ1n) is 9.92. The Labute approximate surface area is 170 Å². The number of rotatable bonds is 6. The first-order valence-corrected chi connectivity index (χ1v) is 11.2. The Morgan fingerprint density at radius 3 is 2.30 bits per heavy atom. The van der Waals surface area contributed by atoms with Crippen LogP contribution in [0.3, 0.4) is 0 Å². The topological polar surface area (TPSA) is 27.3 Å². The standard InChI is InChI=1S/C20H29F2N3S2/c21-18(22)27-17-9-7-16(8-10-17)24-19(26)23-15-20(11-3-1-4-12-20)25-13-5-2-6-14-25/h7-10,18H,1-6,11-15H2,(H2,23,24,26). The molecule has 0 unspecified atom stereocenters. The zero-order valence-corrected chi connectivity index (χ0v) is 17.3. The van der Waals surface area contributed by atoms with Gasteiger partial charge >= 0.3 is 0 Å². The summed E-state index contributed by atoms with van der Waals surface area (Å²) in [7, 11) is 0. The molecule has 1 aromatic rings. The average Bonchev–Trinajstić information content (AvgIpc) is 2.69. The van der Waals surface area contributed by atoms with Crippen molar-refractivity contribution in [3.05, 3.63) is 24.3 Å². The smallest absolute Gasteiger partial charge is 0.288 e. The van der Waals surface area contributed by atoms with Crippen LogP contribution in [0.25, 0.3) is 0 Å². The fourth-order valence-electron chi connectivity index (χ4n) is 4.32. The Hall–Kier alpha value is -0.920. The Bertz CT molecular complexity index is 598. The van der Waals surface area contributed by atoms with Crippen molar-refractivity contribution in [1.82, 2.24) is 10.2 Å². The molecule has 27 heavy (non-hydrogen) atoms. The van der Waals surface area contributed by atoms with E-state index in [1.165, 1.54) is 64.5 Å². The van der Waals surface area contributed by atoms with Gasteiger partial charge < -0.3 is 10.6 Å². The van der Waals surface area contributed by atoms with E-state index in [1.807, 2.05) is 0 Å². The van der Waals surface area contributed by atoms with Crippen molar-refractivity contribution in [2.24, 2.45) is 0 Å². The Morgan fingerprint density at radius 1 is 1.04 bits per heavy atom. The van der Waals surface area contributed by atoms with Crippen molar-refractivity contribution < 1.29 is 8.78 Å². The molecule has 0 radical (unpaired) electrons. The van der Waals surface area contributed by atoms with Crippen molar-refractivity contribution in [2.75, 3.05) is 25.0 Å². The third-order valence-corrected chi connectivity index (χ3v) is 6.70. The maximum absolute atomic E-state index is 12.4. The van der Waals surface area contributed by atoms with E-state index < -0.39 is 5.76 Å². The van der Waals surface area contributed by atoms with Crippen LogP contribution in [-0.2, 0) is 0 Å². The fourth-order valence-corrected chi connectivity index (χ4v) is 5.01. The number of thiocarbonyl (C=S) groups is 1. The van der Waals surface area contributed by atoms with Gasteiger partial charge in [-0.05, 0) is 75.3 Å². The van der Waals surface area contributed by atoms with Crippen molar-refractivity contribution in [3.8, 4) is 0 Å². The third kappa shape index (κ3) is 6.03. The van der Waals surface area contributed by atoms with Gasteiger partial charge in [0.15, 0.2) is 5.11 Å². The molecule has 3 nitrogen and oxygen atoms in total. The molecule has 1 aliphatic heterocycles. The van der Waals surface area contributed by atoms with E-state index in [2.05, 4.69) is 15.5 Å². The summed E-state index contributed by atoms with van der Waals surface area (Å²) < 4.78 is 24.8. The Kier molecular flexibility index (Phi) is 7.73. The van der Waals surface area contributed by atoms with Crippen LogP contribution >= 0.6 is 24.0 Å². The third-order valence-electron chi connectivity index (χ3n) is 5.73. The second kappa shape index (κ2) is 10.0. The SMILES string of the molecule is FC(F)Sc1ccc(NC(=S)NCC2(N3CCCCC3)CCCCC2)cc1. The second-order valence-corrected chi connectivity index (χ2v) is 9.01. The van der Waals surface area contributed by atoms with Crippen LogP contribution in [0.1, 0.15) is 51.4 Å². The molecular formula is C20H29F2N3S2. The lowest BCUT2D eigenvalue weighted by Gasteiger charge is -2.48. The number of thioether (sulfide) groups is 1. The van der Waals surface area contributed by atoms with Gasteiger partial charge in [0.2, 0.25) is 0 Å². The van der Waals surface area contributed by atoms with E-state index in [1.54, 1.807) is 24.3 Å². The van der Waals surface area contributed by atoms with Crippen LogP contribution in [0, 0.1) is 0 Å². The molecule has 1 aromatic carbocycles. The summed E-state index contributed by atoms with van der Waals surface area (Å²) >= 11 is 6.05. The average molecular weight is 414 g/mol. The summed E-state index contributed by atoms with van der Waals surface area (Å²) in [6, 6.07) is 6.97. The van der Waals surface area contributed by atoms with Crippen LogP contribution < -0.4 is 10.6 Å². The molecule has 1 aliphatic carbocycles. The van der Waals surface area contributed by atoms with Gasteiger partial charge in [-0.25, -0.2) is 0 Å². The molecule has 150 valence electrons. The lowest BCUT2D eigenvalue weighted by atomic mass is 9.79. The number of nitrogens with one attached hydrogen (secondary N) is 2. The lowest BCUT2D eigenvalue weighted by molar-refractivity contribution is 0.0371. The van der Waals surface area contributed by atoms with E-state index in [4.69, 9.17) is 12.2 Å². The number of halogens is 2. The maximum Gasteiger partial charge on any atom is 0.288 e. The van der Waals surface area contributed by atoms with Crippen molar-refractivity contribution in [2.45, 2.75) is 67.6 Å². The first-order chi connectivity index (χ1) is 13.1. The summed E-state index contributed by atoms with van der Waals surface area (Å²) in [5, 5.41) is 7.23. The molecule has 2 aliphatic rings. The summed E-state index contributed by atoms with van der Waals surface area (Å²) in [5.74, 6) is -2.40. The second-order valence-electron chi connectivity index (χ2n) is 7.54. The maximum atomic E-state index is 12.4. The van der Waals surface area contributed by atoms with E-state index >= 15 is 0 Å². The van der Waals surface area contributed by atoms with Crippen LogP contribution in [0.15, 0.2) is 29.2 Å². The Balaban J connectivity index is 1.54. The number of hydrogen-bond acceptors (Lipinski definition) is 3. The van der Waals surface area contributed by atoms with Gasteiger partial charge in [0.1, 0.15) is 0 Å². The highest BCUT2D eigenvalue weighted by Crippen LogP contribution is 2.35. The summed E-state index contributed by atoms with van der Waals surface area (Å²) in [6.45, 7) is 3.27. The van der Waals surface area contributed by atoms with Crippen molar-refractivity contribution in [3.63, 3.8) is 0 Å². The highest BCUT2D eigenvalue weighted by molar-refractivity contribution is 7.99. The van der Waals surface area contributed by atoms with E-state index in [0.29, 0.717) is 21.8 Å². The van der Waals surface area contributed by atoms with Crippen LogP contribution in [-0.4, -0.2) is 40.9 Å². The number of nitrogens with zero attached hydrogens (tertiary/aromatic N) is 1. The summed E-state index contributed by atoms with van der Waals surface area (Å²) in [6.07, 6.45) is 10.3. The minimum absolute atomic E-state index is 0.224. The zero-order valence-electron chi connectivity index (χ0n) is 15.7. The van der Waals surface area contributed by atoms with Crippen LogP contribution in [0.4, 0.5) is 14.5 Å². The lowest BCUT2D eigenvalue weighted by Crippen LogP contribution is -2.58. The van der Waals surface area contributed by atoms with E-state index in [-0.39, 0.29) is 5.54 Å². The molecular weight excluding hydrogens is 384 g/mol. The van der Waals surface area contributed by atoms with E-state index in [0.717, 1.165) is 12.2 Å². The van der Waals surface area contributed by atoms with Gasteiger partial charge in [0.25, 0.3) is 5.76 Å². The summed E-state index contributed by atoms with van der Waals surface area (Å²) in [5.41, 5.74) is 1.05. The number of piperidine rings is 1. The predicted molar refractivity (Wildman–Crippen MR) is 114 cm³/mol. The first kappa shape index (κ1) is 20.8. The van der Waals surface area contributed by atoms with Gasteiger partial charge in [-0.3, -0.25) is 4.90 Å². The van der Waals surface area contributed by atoms with Crippen LogP contribution in [0.5, 0.6) is 0 Å². The molecule has 0 atom stereocenters. The molecule has 3 rings (SSSR count). The molecule has 1 saturated carbocycles. The van der Waals surface area contributed by atoms with Gasteiger partial charge in [-0.15, -0.1) is 0 Å². The summed E-state index contributed by atoms with van der Waals surface area (Å²) in [4.78, 5) is 3.25. The fraction of sp³-hybridized carbons (Fsp3) is 0.650. The van der Waals surface area contributed by atoms with Gasteiger partial charge in [0, 0.05) is 22.7 Å². The monoisotopic (exact) mass is 413 g/mol. The quantitative estimate of drug-likeness (QED) is 0.476. The zero-order chi connectivity index (χ0) is 19.1. The number of benzene rings is 1. The van der Waals surface area contributed by atoms with Crippen molar-refractivity contribution >= 4 is 34.8 Å². The molecule has 2 fully saturated rings. The number of hydrogen-bond donors (Lipinski definition) is 2. The predicted octanol–water partition coefficient (Wildman–Crippen LogP) is 5.48. The molecule has 7 heteroatoms. The molecule has 0 spiro atoms. The number of anilines is 1. The van der Waals surface area contributed by atoms with E-state index in [9.17, 15) is 8.78 Å². The molecule has 2 N–H and O–H groups in total. The highest BCUT2D eigenvalue weighted by Gasteiger charge is 2.38. The molecule has 0 bridgehead atoms. The Morgan fingerprint density at radius 2 is 1.67 bits per heavy atom. The minimum Gasteiger partial charge on any atom is -0.361 e. The molecule has 1 heterocycles. The van der Waals surface area contributed by atoms with Gasteiger partial charge in [0.05, 0.1) is 0 Å². The van der Waals surface area contributed by atoms with Gasteiger partial charge in [-0.1, -0.05) is 37.4 Å². The number of alkyl halides is 2. The highest BCUT2D eigenvalue weighted by atomic mass is 32.2. The molecule has 1 saturated heterocycles. The minimum atomic E-state index is -2.40.